The number of carbonyl (C=O) groups is 2. The van der Waals surface area contributed by atoms with E-state index in [2.05, 4.69) is 21.2 Å². The summed E-state index contributed by atoms with van der Waals surface area (Å²) in [5.74, 6) is 6.87. The summed E-state index contributed by atoms with van der Waals surface area (Å²) >= 11 is 0. The summed E-state index contributed by atoms with van der Waals surface area (Å²) in [5.41, 5.74) is 0. The fourth-order valence-electron chi connectivity index (χ4n) is 1.14. The second kappa shape index (κ2) is 14.8. The number of esters is 2. The van der Waals surface area contributed by atoms with Crippen molar-refractivity contribution in [3.05, 3.63) is 0 Å². The minimum absolute atomic E-state index is 0.0444. The van der Waals surface area contributed by atoms with Gasteiger partial charge in [-0.25, -0.2) is 4.79 Å². The normalized spacial score (nSPS) is 9.58. The van der Waals surface area contributed by atoms with Crippen LogP contribution in [0.1, 0.15) is 6.42 Å². The van der Waals surface area contributed by atoms with Crippen molar-refractivity contribution in [2.75, 3.05) is 46.6 Å². The first-order valence-corrected chi connectivity index (χ1v) is 5.63. The molecule has 0 aromatic heterocycles. The van der Waals surface area contributed by atoms with E-state index in [0.29, 0.717) is 19.6 Å². The highest BCUT2D eigenvalue weighted by molar-refractivity contribution is 5.76. The molecule has 0 aliphatic carbocycles. The van der Waals surface area contributed by atoms with Gasteiger partial charge in [0.15, 0.2) is 6.61 Å². The molecule has 0 saturated carbocycles. The fourth-order valence-corrected chi connectivity index (χ4v) is 1.14. The Morgan fingerprint density at radius 3 is 2.00 bits per heavy atom. The summed E-state index contributed by atoms with van der Waals surface area (Å²) in [6.07, 6.45) is 0.0942. The maximum Gasteiger partial charge on any atom is 0.344 e. The van der Waals surface area contributed by atoms with Gasteiger partial charge in [0, 0.05) is 19.6 Å². The van der Waals surface area contributed by atoms with Crippen LogP contribution >= 0.6 is 0 Å². The van der Waals surface area contributed by atoms with E-state index >= 15 is 0 Å². The van der Waals surface area contributed by atoms with E-state index in [4.69, 9.17) is 10.2 Å². The lowest BCUT2D eigenvalue weighted by atomic mass is 10.3. The molecule has 6 N–H and O–H groups in total. The molecule has 9 nitrogen and oxygen atoms in total. The standard InChI is InChI=1S/C10H19NO6.H4N2/c1-16-10(15)8-17-9(14)2-3-11(4-6-12)5-7-13;1-2/h12-13H,2-8H2,1H3;1-2H2. The van der Waals surface area contributed by atoms with Gasteiger partial charge in [0.05, 0.1) is 26.7 Å². The zero-order valence-electron chi connectivity index (χ0n) is 11.1. The highest BCUT2D eigenvalue weighted by Gasteiger charge is 2.10. The van der Waals surface area contributed by atoms with Crippen LogP contribution < -0.4 is 11.7 Å². The third-order valence-electron chi connectivity index (χ3n) is 2.04. The van der Waals surface area contributed by atoms with E-state index in [-0.39, 0.29) is 19.6 Å². The zero-order chi connectivity index (χ0) is 15.1. The van der Waals surface area contributed by atoms with Crippen LogP contribution in [0.3, 0.4) is 0 Å². The molecular formula is C10H23N3O6. The molecule has 0 unspecified atom stereocenters. The summed E-state index contributed by atoms with van der Waals surface area (Å²) in [7, 11) is 1.21. The summed E-state index contributed by atoms with van der Waals surface area (Å²) in [6.45, 7) is 0.639. The number of hydrogen-bond acceptors (Lipinski definition) is 9. The van der Waals surface area contributed by atoms with Crippen LogP contribution in [0.25, 0.3) is 0 Å². The van der Waals surface area contributed by atoms with Gasteiger partial charge in [0.1, 0.15) is 0 Å². The van der Waals surface area contributed by atoms with E-state index in [1.165, 1.54) is 7.11 Å². The highest BCUT2D eigenvalue weighted by atomic mass is 16.6. The third-order valence-corrected chi connectivity index (χ3v) is 2.04. The Balaban J connectivity index is 0. The Hall–Kier alpha value is -1.26. The summed E-state index contributed by atoms with van der Waals surface area (Å²) in [6, 6.07) is 0. The molecule has 0 heterocycles. The number of carbonyl (C=O) groups excluding carboxylic acids is 2. The summed E-state index contributed by atoms with van der Waals surface area (Å²) in [5, 5.41) is 17.5. The lowest BCUT2D eigenvalue weighted by molar-refractivity contribution is -0.157. The average molecular weight is 281 g/mol. The van der Waals surface area contributed by atoms with Crippen LogP contribution in [-0.2, 0) is 19.1 Å². The maximum atomic E-state index is 11.2. The fraction of sp³-hybridized carbons (Fsp3) is 0.800. The summed E-state index contributed by atoms with van der Waals surface area (Å²) in [4.78, 5) is 23.6. The second-order valence-corrected chi connectivity index (χ2v) is 3.28. The smallest absolute Gasteiger partial charge is 0.344 e. The second-order valence-electron chi connectivity index (χ2n) is 3.28. The van der Waals surface area contributed by atoms with Crippen LogP contribution in [0.2, 0.25) is 0 Å². The predicted octanol–water partition coefficient (Wildman–Crippen LogP) is -2.80. The van der Waals surface area contributed by atoms with Crippen molar-refractivity contribution in [1.82, 2.24) is 4.90 Å². The van der Waals surface area contributed by atoms with Gasteiger partial charge >= 0.3 is 11.9 Å². The number of rotatable bonds is 9. The first-order chi connectivity index (χ1) is 9.13. The van der Waals surface area contributed by atoms with Crippen molar-refractivity contribution < 1.29 is 29.3 Å². The largest absolute Gasteiger partial charge is 0.466 e. The Bertz CT molecular complexity index is 233. The minimum atomic E-state index is -0.610. The number of nitrogens with zero attached hydrogens (tertiary/aromatic N) is 1. The molecule has 0 atom stereocenters. The van der Waals surface area contributed by atoms with Crippen molar-refractivity contribution in [2.24, 2.45) is 11.7 Å². The van der Waals surface area contributed by atoms with Crippen LogP contribution in [0.4, 0.5) is 0 Å². The zero-order valence-corrected chi connectivity index (χ0v) is 11.1. The number of nitrogens with two attached hydrogens (primary N) is 2. The first-order valence-electron chi connectivity index (χ1n) is 5.63. The molecule has 0 rings (SSSR count). The SMILES string of the molecule is COC(=O)COC(=O)CCN(CCO)CCO.NN. The monoisotopic (exact) mass is 281 g/mol. The maximum absolute atomic E-state index is 11.2. The molecular weight excluding hydrogens is 258 g/mol. The number of methoxy groups -OCH3 is 1. The van der Waals surface area contributed by atoms with Gasteiger partial charge in [0.25, 0.3) is 0 Å². The number of aliphatic hydroxyl groups excluding tert-OH is 2. The first kappa shape index (κ1) is 20.1. The summed E-state index contributed by atoms with van der Waals surface area (Å²) < 4.78 is 8.95. The van der Waals surface area contributed by atoms with Gasteiger partial charge in [-0.1, -0.05) is 0 Å². The van der Waals surface area contributed by atoms with E-state index in [0.717, 1.165) is 0 Å². The van der Waals surface area contributed by atoms with Crippen molar-refractivity contribution >= 4 is 11.9 Å². The quantitative estimate of drug-likeness (QED) is 0.200. The topological polar surface area (TPSA) is 148 Å². The number of hydrogen-bond donors (Lipinski definition) is 4. The Kier molecular flexibility index (Phi) is 15.6. The molecule has 0 radical (unpaired) electrons. The molecule has 0 amide bonds. The molecule has 114 valence electrons. The molecule has 19 heavy (non-hydrogen) atoms. The third kappa shape index (κ3) is 13.0. The van der Waals surface area contributed by atoms with Crippen molar-refractivity contribution in [3.8, 4) is 0 Å². The molecule has 0 bridgehead atoms. The Labute approximate surface area is 112 Å². The van der Waals surface area contributed by atoms with Gasteiger partial charge in [-0.2, -0.15) is 0 Å². The van der Waals surface area contributed by atoms with Gasteiger partial charge in [0.2, 0.25) is 0 Å². The minimum Gasteiger partial charge on any atom is -0.466 e. The van der Waals surface area contributed by atoms with Crippen LogP contribution in [0.5, 0.6) is 0 Å². The lowest BCUT2D eigenvalue weighted by Gasteiger charge is -2.19. The molecule has 0 fully saturated rings. The molecule has 0 aromatic rings. The van der Waals surface area contributed by atoms with E-state index < -0.39 is 18.5 Å². The molecule has 0 spiro atoms. The van der Waals surface area contributed by atoms with Crippen LogP contribution in [-0.4, -0.2) is 73.6 Å². The number of aliphatic hydroxyl groups is 2. The van der Waals surface area contributed by atoms with Crippen molar-refractivity contribution in [3.63, 3.8) is 0 Å². The van der Waals surface area contributed by atoms with Crippen LogP contribution in [0, 0.1) is 0 Å². The highest BCUT2D eigenvalue weighted by Crippen LogP contribution is 1.94. The Morgan fingerprint density at radius 1 is 1.05 bits per heavy atom. The van der Waals surface area contributed by atoms with Gasteiger partial charge in [-0.15, -0.1) is 0 Å². The molecule has 0 aromatic carbocycles. The van der Waals surface area contributed by atoms with Gasteiger partial charge in [-0.3, -0.25) is 21.4 Å². The van der Waals surface area contributed by atoms with E-state index in [1.807, 2.05) is 0 Å². The number of hydrazine groups is 1. The lowest BCUT2D eigenvalue weighted by Crippen LogP contribution is -2.32. The van der Waals surface area contributed by atoms with Gasteiger partial charge < -0.3 is 19.7 Å². The molecule has 0 aliphatic rings. The van der Waals surface area contributed by atoms with E-state index in [9.17, 15) is 9.59 Å². The molecule has 0 aliphatic heterocycles. The van der Waals surface area contributed by atoms with E-state index in [1.54, 1.807) is 4.90 Å². The van der Waals surface area contributed by atoms with Crippen LogP contribution in [0.15, 0.2) is 0 Å². The predicted molar refractivity (Wildman–Crippen MR) is 66.6 cm³/mol. The molecule has 0 saturated heterocycles. The van der Waals surface area contributed by atoms with Crippen molar-refractivity contribution in [1.29, 1.82) is 0 Å². The number of ether oxygens (including phenoxy) is 2. The Morgan fingerprint density at radius 2 is 1.58 bits per heavy atom. The molecule has 9 heteroatoms. The van der Waals surface area contributed by atoms with Crippen molar-refractivity contribution in [2.45, 2.75) is 6.42 Å². The van der Waals surface area contributed by atoms with Gasteiger partial charge in [-0.05, 0) is 0 Å². The average Bonchev–Trinajstić information content (AvgIpc) is 2.44.